The molecular formula is C23H27ClN4O5S2. The molecule has 12 heteroatoms. The van der Waals surface area contributed by atoms with E-state index in [0.29, 0.717) is 39.3 Å². The Labute approximate surface area is 212 Å². The minimum atomic E-state index is -3.91. The zero-order valence-corrected chi connectivity index (χ0v) is 22.3. The molecule has 1 aliphatic heterocycles. The first-order valence-electron chi connectivity index (χ1n) is 11.1. The van der Waals surface area contributed by atoms with Crippen molar-refractivity contribution in [2.45, 2.75) is 38.6 Å². The lowest BCUT2D eigenvalue weighted by atomic mass is 9.94. The van der Waals surface area contributed by atoms with E-state index < -0.39 is 21.5 Å². The smallest absolute Gasteiger partial charge is 0.263 e. The molecule has 2 atom stereocenters. The van der Waals surface area contributed by atoms with Crippen molar-refractivity contribution in [3.05, 3.63) is 44.8 Å². The van der Waals surface area contributed by atoms with Crippen molar-refractivity contribution in [2.75, 3.05) is 25.5 Å². The fourth-order valence-electron chi connectivity index (χ4n) is 4.59. The highest BCUT2D eigenvalue weighted by Gasteiger charge is 2.35. The number of halogens is 1. The van der Waals surface area contributed by atoms with Gasteiger partial charge < -0.3 is 10.1 Å². The summed E-state index contributed by atoms with van der Waals surface area (Å²) >= 11 is 7.18. The van der Waals surface area contributed by atoms with Crippen LogP contribution in [0.15, 0.2) is 34.2 Å². The van der Waals surface area contributed by atoms with Crippen LogP contribution in [0.2, 0.25) is 5.02 Å². The monoisotopic (exact) mass is 538 g/mol. The Morgan fingerprint density at radius 2 is 1.97 bits per heavy atom. The summed E-state index contributed by atoms with van der Waals surface area (Å²) in [6.07, 6.45) is 2.22. The number of fused-ring (bicyclic) bond motifs is 1. The molecular weight excluding hydrogens is 512 g/mol. The molecule has 2 aromatic heterocycles. The van der Waals surface area contributed by atoms with E-state index >= 15 is 0 Å². The van der Waals surface area contributed by atoms with E-state index in [2.05, 4.69) is 10.3 Å². The molecule has 3 aromatic rings. The van der Waals surface area contributed by atoms with Gasteiger partial charge in [0.1, 0.15) is 22.0 Å². The Hall–Kier alpha value is -2.47. The fraction of sp³-hybridized carbons (Fsp3) is 0.435. The summed E-state index contributed by atoms with van der Waals surface area (Å²) in [6.45, 7) is 6.18. The number of ether oxygens (including phenoxy) is 1. The van der Waals surface area contributed by atoms with Crippen LogP contribution < -0.4 is 15.6 Å². The number of nitrogens with zero attached hydrogens (tertiary/aromatic N) is 3. The van der Waals surface area contributed by atoms with Gasteiger partial charge in [-0.15, -0.1) is 11.3 Å². The second-order valence-corrected chi connectivity index (χ2v) is 12.5. The second-order valence-electron chi connectivity index (χ2n) is 9.01. The highest BCUT2D eigenvalue weighted by Crippen LogP contribution is 2.35. The Balaban J connectivity index is 1.69. The number of hydrogen-bond donors (Lipinski definition) is 1. The molecule has 1 aliphatic rings. The maximum absolute atomic E-state index is 13.7. The van der Waals surface area contributed by atoms with Gasteiger partial charge in [0.2, 0.25) is 15.9 Å². The van der Waals surface area contributed by atoms with E-state index in [4.69, 9.17) is 16.3 Å². The minimum absolute atomic E-state index is 0.0115. The number of nitrogens with one attached hydrogen (secondary N) is 1. The molecule has 1 fully saturated rings. The van der Waals surface area contributed by atoms with Crippen LogP contribution in [0.3, 0.4) is 0 Å². The number of benzene rings is 1. The van der Waals surface area contributed by atoms with Gasteiger partial charge in [-0.3, -0.25) is 14.2 Å². The lowest BCUT2D eigenvalue weighted by Crippen LogP contribution is -2.42. The lowest BCUT2D eigenvalue weighted by Gasteiger charge is -2.34. The predicted octanol–water partition coefficient (Wildman–Crippen LogP) is 3.73. The molecule has 0 aliphatic carbocycles. The molecule has 1 N–H and O–H groups in total. The van der Waals surface area contributed by atoms with Crippen molar-refractivity contribution in [1.29, 1.82) is 0 Å². The summed E-state index contributed by atoms with van der Waals surface area (Å²) in [5.74, 6) is 0.348. The summed E-state index contributed by atoms with van der Waals surface area (Å²) in [5.41, 5.74) is -0.223. The molecule has 0 spiro atoms. The number of rotatable bonds is 6. The number of hydrogen-bond acceptors (Lipinski definition) is 7. The summed E-state index contributed by atoms with van der Waals surface area (Å²) < 4.78 is 35.1. The molecule has 188 valence electrons. The van der Waals surface area contributed by atoms with Crippen LogP contribution in [-0.4, -0.2) is 48.4 Å². The molecule has 1 aromatic carbocycles. The average Bonchev–Trinajstić information content (AvgIpc) is 3.12. The van der Waals surface area contributed by atoms with E-state index in [0.717, 1.165) is 22.3 Å². The van der Waals surface area contributed by atoms with Crippen molar-refractivity contribution in [2.24, 2.45) is 11.8 Å². The summed E-state index contributed by atoms with van der Waals surface area (Å²) in [5, 5.41) is 3.11. The lowest BCUT2D eigenvalue weighted by molar-refractivity contribution is -0.116. The Kier molecular flexibility index (Phi) is 7.23. The molecule has 2 unspecified atom stereocenters. The number of carbonyl (C=O) groups excluding carboxylic acids is 1. The number of methoxy groups -OCH3 is 1. The van der Waals surface area contributed by atoms with Crippen molar-refractivity contribution < 1.29 is 17.9 Å². The maximum Gasteiger partial charge on any atom is 0.263 e. The van der Waals surface area contributed by atoms with Gasteiger partial charge in [-0.1, -0.05) is 25.4 Å². The molecule has 4 rings (SSSR count). The number of aromatic nitrogens is 2. The SMILES string of the molecule is COc1ccc(Cl)cc1NC(=O)Cn1cnc2sc(C)c(S(=O)(=O)N3CC(C)CC(C)C3)c2c1=O. The van der Waals surface area contributed by atoms with E-state index in [-0.39, 0.29) is 28.7 Å². The van der Waals surface area contributed by atoms with Crippen molar-refractivity contribution in [3.63, 3.8) is 0 Å². The second kappa shape index (κ2) is 9.88. The molecule has 0 radical (unpaired) electrons. The van der Waals surface area contributed by atoms with Gasteiger partial charge in [-0.05, 0) is 43.4 Å². The number of anilines is 1. The highest BCUT2D eigenvalue weighted by atomic mass is 35.5. The number of amides is 1. The predicted molar refractivity (Wildman–Crippen MR) is 137 cm³/mol. The van der Waals surface area contributed by atoms with Crippen LogP contribution in [0, 0.1) is 18.8 Å². The minimum Gasteiger partial charge on any atom is -0.495 e. The highest BCUT2D eigenvalue weighted by molar-refractivity contribution is 7.89. The van der Waals surface area contributed by atoms with Gasteiger partial charge in [-0.2, -0.15) is 4.31 Å². The summed E-state index contributed by atoms with van der Waals surface area (Å²) in [4.78, 5) is 31.3. The van der Waals surface area contributed by atoms with Gasteiger partial charge in [-0.25, -0.2) is 13.4 Å². The van der Waals surface area contributed by atoms with Crippen LogP contribution in [0.25, 0.3) is 10.2 Å². The topological polar surface area (TPSA) is 111 Å². The third-order valence-corrected chi connectivity index (χ3v) is 9.36. The van der Waals surface area contributed by atoms with E-state index in [1.807, 2.05) is 13.8 Å². The van der Waals surface area contributed by atoms with Crippen molar-refractivity contribution in [1.82, 2.24) is 13.9 Å². The van der Waals surface area contributed by atoms with Crippen LogP contribution in [0.5, 0.6) is 5.75 Å². The van der Waals surface area contributed by atoms with E-state index in [1.54, 1.807) is 19.1 Å². The quantitative estimate of drug-likeness (QED) is 0.512. The van der Waals surface area contributed by atoms with Crippen LogP contribution >= 0.6 is 22.9 Å². The number of carbonyl (C=O) groups is 1. The Bertz CT molecular complexity index is 1440. The summed E-state index contributed by atoms with van der Waals surface area (Å²) in [7, 11) is -2.45. The van der Waals surface area contributed by atoms with E-state index in [9.17, 15) is 18.0 Å². The number of piperidine rings is 1. The first kappa shape index (κ1) is 25.6. The molecule has 1 amide bonds. The summed E-state index contributed by atoms with van der Waals surface area (Å²) in [6, 6.07) is 4.78. The fourth-order valence-corrected chi connectivity index (χ4v) is 8.11. The average molecular weight is 539 g/mol. The van der Waals surface area contributed by atoms with Gasteiger partial charge in [0.25, 0.3) is 5.56 Å². The van der Waals surface area contributed by atoms with Crippen molar-refractivity contribution in [3.8, 4) is 5.75 Å². The van der Waals surface area contributed by atoms with Crippen LogP contribution in [0.4, 0.5) is 5.69 Å². The maximum atomic E-state index is 13.7. The Morgan fingerprint density at radius 1 is 1.29 bits per heavy atom. The van der Waals surface area contributed by atoms with E-state index in [1.165, 1.54) is 23.8 Å². The first-order chi connectivity index (χ1) is 16.5. The molecule has 0 bridgehead atoms. The normalized spacial score (nSPS) is 19.1. The third-order valence-electron chi connectivity index (χ3n) is 5.98. The van der Waals surface area contributed by atoms with Crippen LogP contribution in [-0.2, 0) is 21.4 Å². The van der Waals surface area contributed by atoms with Gasteiger partial charge >= 0.3 is 0 Å². The number of aryl methyl sites for hydroxylation is 1. The first-order valence-corrected chi connectivity index (χ1v) is 13.8. The third kappa shape index (κ3) is 5.09. The molecule has 3 heterocycles. The van der Waals surface area contributed by atoms with Gasteiger partial charge in [0, 0.05) is 23.0 Å². The number of sulfonamides is 1. The molecule has 35 heavy (non-hydrogen) atoms. The molecule has 0 saturated carbocycles. The van der Waals surface area contributed by atoms with Crippen LogP contribution in [0.1, 0.15) is 25.1 Å². The standard InChI is InChI=1S/C23H27ClN4O5S2/c1-13-7-14(2)10-28(9-13)35(31,32)21-15(3)34-22-20(21)23(30)27(12-25-22)11-19(29)26-17-8-16(24)5-6-18(17)33-4/h5-6,8,12-14H,7,9-11H2,1-4H3,(H,26,29). The molecule has 9 nitrogen and oxygen atoms in total. The Morgan fingerprint density at radius 3 is 2.63 bits per heavy atom. The zero-order valence-electron chi connectivity index (χ0n) is 19.9. The van der Waals surface area contributed by atoms with Gasteiger partial charge in [0.15, 0.2) is 0 Å². The zero-order chi connectivity index (χ0) is 25.5. The van der Waals surface area contributed by atoms with Gasteiger partial charge in [0.05, 0.1) is 24.5 Å². The molecule has 1 saturated heterocycles. The van der Waals surface area contributed by atoms with Crippen molar-refractivity contribution >= 4 is 54.8 Å². The largest absolute Gasteiger partial charge is 0.495 e. The number of thiophene rings is 1.